The lowest BCUT2D eigenvalue weighted by molar-refractivity contribution is 0.172. The Labute approximate surface area is 136 Å². The van der Waals surface area contributed by atoms with E-state index in [0.717, 1.165) is 12.3 Å². The standard InChI is InChI=1S/C22H21O/c1-14(2)22(23)20-9-5-7-16-11-12-18-17-8-4-3-6-15(17)10-13-19(18)21(16)20/h3-12,20,22-23H,13H2,1-2H3. The molecule has 1 heteroatoms. The maximum atomic E-state index is 10.7. The minimum absolute atomic E-state index is 0.0496. The highest BCUT2D eigenvalue weighted by molar-refractivity contribution is 5.54. The Morgan fingerprint density at radius 3 is 2.70 bits per heavy atom. The van der Waals surface area contributed by atoms with Crippen LogP contribution in [0.15, 0.2) is 48.6 Å². The Morgan fingerprint density at radius 1 is 1.04 bits per heavy atom. The molecule has 0 saturated heterocycles. The second-order valence-corrected chi connectivity index (χ2v) is 6.69. The highest BCUT2D eigenvalue weighted by Gasteiger charge is 2.26. The number of aliphatic hydroxyl groups excluding tert-OH is 1. The molecule has 0 fully saturated rings. The monoisotopic (exact) mass is 301 g/mol. The van der Waals surface area contributed by atoms with Gasteiger partial charge in [-0.1, -0.05) is 74.5 Å². The minimum atomic E-state index is -0.428. The van der Waals surface area contributed by atoms with Gasteiger partial charge in [-0.25, -0.2) is 0 Å². The first-order valence-corrected chi connectivity index (χ1v) is 8.25. The molecule has 2 aromatic rings. The summed E-state index contributed by atoms with van der Waals surface area (Å²) < 4.78 is 0. The zero-order valence-electron chi connectivity index (χ0n) is 13.6. The quantitative estimate of drug-likeness (QED) is 0.904. The SMILES string of the molecule is C[C](C)C(O)C1C=CC=c2ccc3c(c21)CC=c1ccccc1=3. The van der Waals surface area contributed by atoms with Gasteiger partial charge in [-0.05, 0) is 44.3 Å². The fraction of sp³-hybridized carbons (Fsp3) is 0.227. The number of hydrogen-bond donors (Lipinski definition) is 1. The molecule has 0 amide bonds. The summed E-state index contributed by atoms with van der Waals surface area (Å²) in [6, 6.07) is 13.0. The lowest BCUT2D eigenvalue weighted by Crippen LogP contribution is -2.30. The average Bonchev–Trinajstić information content (AvgIpc) is 2.59. The maximum Gasteiger partial charge on any atom is 0.0700 e. The highest BCUT2D eigenvalue weighted by atomic mass is 16.3. The van der Waals surface area contributed by atoms with E-state index in [1.54, 1.807) is 0 Å². The summed E-state index contributed by atoms with van der Waals surface area (Å²) in [5.74, 6) is 1.11. The van der Waals surface area contributed by atoms with Crippen molar-refractivity contribution in [2.75, 3.05) is 0 Å². The largest absolute Gasteiger partial charge is 0.392 e. The van der Waals surface area contributed by atoms with Gasteiger partial charge in [0.25, 0.3) is 0 Å². The van der Waals surface area contributed by atoms with Crippen LogP contribution in [-0.2, 0) is 6.42 Å². The van der Waals surface area contributed by atoms with E-state index in [1.165, 1.54) is 32.0 Å². The van der Waals surface area contributed by atoms with Crippen molar-refractivity contribution in [3.63, 3.8) is 0 Å². The van der Waals surface area contributed by atoms with Crippen molar-refractivity contribution in [1.82, 2.24) is 0 Å². The summed E-state index contributed by atoms with van der Waals surface area (Å²) in [7, 11) is 0. The normalized spacial score (nSPS) is 19.2. The maximum absolute atomic E-state index is 10.7. The lowest BCUT2D eigenvalue weighted by atomic mass is 9.79. The first kappa shape index (κ1) is 14.5. The third kappa shape index (κ3) is 2.27. The van der Waals surface area contributed by atoms with Crippen LogP contribution in [0.25, 0.3) is 12.2 Å². The molecule has 2 aliphatic rings. The average molecular weight is 301 g/mol. The van der Waals surface area contributed by atoms with E-state index in [0.29, 0.717) is 0 Å². The Hall–Kier alpha value is -2.12. The number of benzene rings is 2. The molecular weight excluding hydrogens is 280 g/mol. The van der Waals surface area contributed by atoms with Crippen LogP contribution in [0.3, 0.4) is 0 Å². The molecule has 0 spiro atoms. The summed E-state index contributed by atoms with van der Waals surface area (Å²) in [4.78, 5) is 0. The van der Waals surface area contributed by atoms with Crippen LogP contribution in [0.5, 0.6) is 0 Å². The molecule has 4 rings (SSSR count). The van der Waals surface area contributed by atoms with Crippen LogP contribution in [0.1, 0.15) is 30.9 Å². The molecular formula is C22H21O. The van der Waals surface area contributed by atoms with Crippen molar-refractivity contribution < 1.29 is 5.11 Å². The summed E-state index contributed by atoms with van der Waals surface area (Å²) >= 11 is 0. The van der Waals surface area contributed by atoms with Gasteiger partial charge in [0, 0.05) is 5.92 Å². The molecule has 0 aliphatic heterocycles. The van der Waals surface area contributed by atoms with E-state index in [-0.39, 0.29) is 5.92 Å². The second kappa shape index (κ2) is 5.50. The zero-order valence-corrected chi connectivity index (χ0v) is 13.6. The summed E-state index contributed by atoms with van der Waals surface area (Å²) in [6.07, 6.45) is 9.19. The smallest absolute Gasteiger partial charge is 0.0700 e. The molecule has 1 nitrogen and oxygen atoms in total. The van der Waals surface area contributed by atoms with Gasteiger partial charge in [-0.2, -0.15) is 0 Å². The minimum Gasteiger partial charge on any atom is -0.392 e. The van der Waals surface area contributed by atoms with E-state index in [1.807, 2.05) is 13.8 Å². The molecule has 0 heterocycles. The van der Waals surface area contributed by atoms with Crippen molar-refractivity contribution in [3.05, 3.63) is 86.5 Å². The van der Waals surface area contributed by atoms with Gasteiger partial charge >= 0.3 is 0 Å². The van der Waals surface area contributed by atoms with Gasteiger partial charge < -0.3 is 5.11 Å². The Kier molecular flexibility index (Phi) is 3.46. The zero-order chi connectivity index (χ0) is 16.0. The van der Waals surface area contributed by atoms with E-state index in [4.69, 9.17) is 0 Å². The predicted molar refractivity (Wildman–Crippen MR) is 94.9 cm³/mol. The van der Waals surface area contributed by atoms with Crippen LogP contribution >= 0.6 is 0 Å². The van der Waals surface area contributed by atoms with Gasteiger partial charge in [0.15, 0.2) is 0 Å². The number of aliphatic hydroxyl groups is 1. The Morgan fingerprint density at radius 2 is 1.87 bits per heavy atom. The molecule has 0 saturated carbocycles. The molecule has 2 unspecified atom stereocenters. The first-order valence-electron chi connectivity index (χ1n) is 8.25. The van der Waals surface area contributed by atoms with E-state index < -0.39 is 6.10 Å². The van der Waals surface area contributed by atoms with E-state index >= 15 is 0 Å². The van der Waals surface area contributed by atoms with Gasteiger partial charge in [-0.3, -0.25) is 0 Å². The van der Waals surface area contributed by atoms with Crippen molar-refractivity contribution in [2.45, 2.75) is 32.3 Å². The third-order valence-corrected chi connectivity index (χ3v) is 5.03. The molecule has 0 bridgehead atoms. The molecule has 2 aromatic carbocycles. The van der Waals surface area contributed by atoms with Crippen molar-refractivity contribution in [3.8, 4) is 0 Å². The predicted octanol–water partition coefficient (Wildman–Crippen LogP) is 2.72. The molecule has 23 heavy (non-hydrogen) atoms. The fourth-order valence-electron chi connectivity index (χ4n) is 3.82. The number of fused-ring (bicyclic) bond motifs is 4. The summed E-state index contributed by atoms with van der Waals surface area (Å²) in [5, 5.41) is 15.9. The van der Waals surface area contributed by atoms with Gasteiger partial charge in [-0.15, -0.1) is 0 Å². The number of hydrogen-bond acceptors (Lipinski definition) is 1. The molecule has 2 aliphatic carbocycles. The molecule has 2 atom stereocenters. The van der Waals surface area contributed by atoms with E-state index in [9.17, 15) is 5.11 Å². The second-order valence-electron chi connectivity index (χ2n) is 6.69. The van der Waals surface area contributed by atoms with Crippen LogP contribution in [0.2, 0.25) is 0 Å². The summed E-state index contributed by atoms with van der Waals surface area (Å²) in [5.41, 5.74) is 2.66. The van der Waals surface area contributed by atoms with Crippen LogP contribution in [0, 0.1) is 16.4 Å². The molecule has 115 valence electrons. The van der Waals surface area contributed by atoms with Crippen LogP contribution in [-0.4, -0.2) is 11.2 Å². The number of allylic oxidation sites excluding steroid dienone is 1. The fourth-order valence-corrected chi connectivity index (χ4v) is 3.82. The third-order valence-electron chi connectivity index (χ3n) is 5.03. The number of rotatable bonds is 2. The highest BCUT2D eigenvalue weighted by Crippen LogP contribution is 2.30. The summed E-state index contributed by atoms with van der Waals surface area (Å²) in [6.45, 7) is 4.01. The van der Waals surface area contributed by atoms with Crippen molar-refractivity contribution >= 4 is 12.2 Å². The first-order chi connectivity index (χ1) is 11.2. The molecule has 1 radical (unpaired) electrons. The Bertz CT molecular complexity index is 995. The topological polar surface area (TPSA) is 20.2 Å². The van der Waals surface area contributed by atoms with Crippen LogP contribution < -0.4 is 10.4 Å². The Balaban J connectivity index is 2.07. The van der Waals surface area contributed by atoms with Gasteiger partial charge in [0.1, 0.15) is 0 Å². The van der Waals surface area contributed by atoms with Gasteiger partial charge in [0.2, 0.25) is 0 Å². The molecule has 0 aromatic heterocycles. The van der Waals surface area contributed by atoms with Gasteiger partial charge in [0.05, 0.1) is 6.10 Å². The van der Waals surface area contributed by atoms with Crippen molar-refractivity contribution in [2.24, 2.45) is 0 Å². The lowest BCUT2D eigenvalue weighted by Gasteiger charge is -2.28. The van der Waals surface area contributed by atoms with Crippen LogP contribution in [0.4, 0.5) is 0 Å². The van der Waals surface area contributed by atoms with Crippen molar-refractivity contribution in [1.29, 1.82) is 0 Å². The van der Waals surface area contributed by atoms with E-state index in [2.05, 4.69) is 60.7 Å². The molecule has 1 N–H and O–H groups in total.